The maximum absolute atomic E-state index is 14.5. The lowest BCUT2D eigenvalue weighted by molar-refractivity contribution is -0.140. The van der Waals surface area contributed by atoms with Crippen LogP contribution in [-0.2, 0) is 32.6 Å². The van der Waals surface area contributed by atoms with Gasteiger partial charge in [0.15, 0.2) is 0 Å². The number of hydrogen-bond acceptors (Lipinski definition) is 4. The third-order valence-electron chi connectivity index (χ3n) is 8.25. The lowest BCUT2D eigenvalue weighted by Crippen LogP contribution is -2.55. The topological polar surface area (TPSA) is 86.8 Å². The maximum Gasteiger partial charge on any atom is 0.264 e. The molecule has 5 rings (SSSR count). The predicted octanol–water partition coefficient (Wildman–Crippen LogP) is 6.76. The molecule has 7 nitrogen and oxygen atoms in total. The predicted molar refractivity (Wildman–Crippen MR) is 178 cm³/mol. The summed E-state index contributed by atoms with van der Waals surface area (Å²) in [7, 11) is -4.27. The molecule has 1 unspecified atom stereocenters. The first kappa shape index (κ1) is 33.2. The average Bonchev–Trinajstić information content (AvgIpc) is 3.07. The van der Waals surface area contributed by atoms with Gasteiger partial charge < -0.3 is 10.2 Å². The number of nitrogens with one attached hydrogen (secondary N) is 1. The molecule has 0 saturated heterocycles. The molecule has 0 heterocycles. The molecule has 10 heteroatoms. The fourth-order valence-corrected chi connectivity index (χ4v) is 7.39. The van der Waals surface area contributed by atoms with E-state index in [0.717, 1.165) is 54.1 Å². The second kappa shape index (κ2) is 15.4. The average molecular weight is 662 g/mol. The summed E-state index contributed by atoms with van der Waals surface area (Å²) in [4.78, 5) is 30.1. The van der Waals surface area contributed by atoms with E-state index in [9.17, 15) is 22.4 Å². The third kappa shape index (κ3) is 8.33. The van der Waals surface area contributed by atoms with E-state index in [2.05, 4.69) is 5.32 Å². The summed E-state index contributed by atoms with van der Waals surface area (Å²) in [6.45, 7) is -0.661. The highest BCUT2D eigenvalue weighted by molar-refractivity contribution is 7.92. The van der Waals surface area contributed by atoms with Crippen LogP contribution in [0.5, 0.6) is 0 Å². The number of hydrogen-bond donors (Lipinski definition) is 1. The number of carbonyl (C=O) groups excluding carboxylic acids is 2. The molecular formula is C36H37ClFN3O4S. The van der Waals surface area contributed by atoms with Crippen molar-refractivity contribution in [3.05, 3.63) is 131 Å². The number of benzene rings is 4. The van der Waals surface area contributed by atoms with Crippen LogP contribution in [0.4, 0.5) is 10.1 Å². The van der Waals surface area contributed by atoms with Crippen LogP contribution in [0.1, 0.15) is 43.2 Å². The van der Waals surface area contributed by atoms with Crippen molar-refractivity contribution in [3.63, 3.8) is 0 Å². The van der Waals surface area contributed by atoms with E-state index in [-0.39, 0.29) is 35.5 Å². The number of amides is 2. The molecule has 2 amide bonds. The summed E-state index contributed by atoms with van der Waals surface area (Å²) in [6.07, 6.45) is 5.07. The van der Waals surface area contributed by atoms with Gasteiger partial charge in [-0.3, -0.25) is 13.9 Å². The molecule has 4 aromatic carbocycles. The van der Waals surface area contributed by atoms with Gasteiger partial charge in [0.1, 0.15) is 18.4 Å². The summed E-state index contributed by atoms with van der Waals surface area (Å²) in [6, 6.07) is 28.1. The highest BCUT2D eigenvalue weighted by Crippen LogP contribution is 2.27. The van der Waals surface area contributed by atoms with Crippen molar-refractivity contribution >= 4 is 39.1 Å². The zero-order valence-electron chi connectivity index (χ0n) is 25.4. The molecule has 0 radical (unpaired) electrons. The molecular weight excluding hydrogens is 625 g/mol. The Balaban J connectivity index is 1.56. The molecule has 240 valence electrons. The van der Waals surface area contributed by atoms with Crippen molar-refractivity contribution in [2.45, 2.75) is 62.0 Å². The number of carbonyl (C=O) groups is 2. The summed E-state index contributed by atoms with van der Waals surface area (Å²) in [5.74, 6) is -1.46. The molecule has 4 aromatic rings. The zero-order valence-corrected chi connectivity index (χ0v) is 27.0. The van der Waals surface area contributed by atoms with Crippen LogP contribution in [0, 0.1) is 5.82 Å². The van der Waals surface area contributed by atoms with Gasteiger partial charge in [-0.15, -0.1) is 0 Å². The highest BCUT2D eigenvalue weighted by Gasteiger charge is 2.35. The molecule has 1 aliphatic carbocycles. The minimum absolute atomic E-state index is 0.00837. The largest absolute Gasteiger partial charge is 0.352 e. The Morgan fingerprint density at radius 1 is 0.826 bits per heavy atom. The van der Waals surface area contributed by atoms with E-state index in [1.807, 2.05) is 30.3 Å². The standard InChI is InChI=1S/C36H37ClFN3O4S/c37-33-19-11-10-14-28(33)25-40(34(24-27-12-4-1-5-13-27)36(43)39-30-15-6-2-7-16-30)35(42)26-41(31-22-20-29(38)21-23-31)46(44,45)32-17-8-3-9-18-32/h1,3-5,8-14,17-23,30,34H,2,6-7,15-16,24-26H2,(H,39,43). The maximum atomic E-state index is 14.5. The van der Waals surface area contributed by atoms with E-state index < -0.39 is 34.3 Å². The fraction of sp³-hybridized carbons (Fsp3) is 0.278. The van der Waals surface area contributed by atoms with Gasteiger partial charge in [-0.05, 0) is 66.4 Å². The third-order valence-corrected chi connectivity index (χ3v) is 10.4. The van der Waals surface area contributed by atoms with Gasteiger partial charge in [0.05, 0.1) is 10.6 Å². The molecule has 0 aliphatic heterocycles. The Kier molecular flexibility index (Phi) is 11.1. The van der Waals surface area contributed by atoms with Gasteiger partial charge in [-0.25, -0.2) is 12.8 Å². The fourth-order valence-electron chi connectivity index (χ4n) is 5.76. The monoisotopic (exact) mass is 661 g/mol. The summed E-state index contributed by atoms with van der Waals surface area (Å²) in [5, 5.41) is 3.60. The minimum Gasteiger partial charge on any atom is -0.352 e. The number of anilines is 1. The van der Waals surface area contributed by atoms with Crippen LogP contribution >= 0.6 is 11.6 Å². The van der Waals surface area contributed by atoms with Crippen LogP contribution in [0.15, 0.2) is 114 Å². The Morgan fingerprint density at radius 2 is 1.43 bits per heavy atom. The smallest absolute Gasteiger partial charge is 0.264 e. The molecule has 46 heavy (non-hydrogen) atoms. The van der Waals surface area contributed by atoms with Crippen molar-refractivity contribution in [1.82, 2.24) is 10.2 Å². The molecule has 1 N–H and O–H groups in total. The van der Waals surface area contributed by atoms with Gasteiger partial charge in [0.2, 0.25) is 11.8 Å². The van der Waals surface area contributed by atoms with E-state index in [0.29, 0.717) is 10.6 Å². The molecule has 1 fully saturated rings. The van der Waals surface area contributed by atoms with E-state index in [4.69, 9.17) is 11.6 Å². The first-order chi connectivity index (χ1) is 22.2. The molecule has 0 bridgehead atoms. The first-order valence-corrected chi connectivity index (χ1v) is 17.2. The van der Waals surface area contributed by atoms with Crippen LogP contribution in [-0.4, -0.2) is 43.8 Å². The van der Waals surface area contributed by atoms with Crippen molar-refractivity contribution in [3.8, 4) is 0 Å². The number of nitrogens with zero attached hydrogens (tertiary/aromatic N) is 2. The van der Waals surface area contributed by atoms with Crippen LogP contribution in [0.3, 0.4) is 0 Å². The Hall–Kier alpha value is -4.21. The summed E-state index contributed by atoms with van der Waals surface area (Å²) in [5.41, 5.74) is 1.57. The summed E-state index contributed by atoms with van der Waals surface area (Å²) < 4.78 is 42.9. The van der Waals surface area contributed by atoms with Crippen LogP contribution in [0.2, 0.25) is 5.02 Å². The Bertz CT molecular complexity index is 1720. The lowest BCUT2D eigenvalue weighted by atomic mass is 9.94. The second-order valence-corrected chi connectivity index (χ2v) is 13.7. The van der Waals surface area contributed by atoms with Crippen molar-refractivity contribution in [1.29, 1.82) is 0 Å². The van der Waals surface area contributed by atoms with Crippen LogP contribution in [0.25, 0.3) is 0 Å². The molecule has 1 saturated carbocycles. The number of sulfonamides is 1. The molecule has 1 aliphatic rings. The van der Waals surface area contributed by atoms with Gasteiger partial charge in [0, 0.05) is 24.0 Å². The highest BCUT2D eigenvalue weighted by atomic mass is 35.5. The zero-order chi connectivity index (χ0) is 32.5. The SMILES string of the molecule is O=C(NC1CCCCC1)C(Cc1ccccc1)N(Cc1ccccc1Cl)C(=O)CN(c1ccc(F)cc1)S(=O)(=O)c1ccccc1. The van der Waals surface area contributed by atoms with Gasteiger partial charge in [0.25, 0.3) is 10.0 Å². The molecule has 1 atom stereocenters. The van der Waals surface area contributed by atoms with Crippen molar-refractivity contribution in [2.75, 3.05) is 10.8 Å². The van der Waals surface area contributed by atoms with Gasteiger partial charge in [-0.2, -0.15) is 0 Å². The van der Waals surface area contributed by atoms with E-state index >= 15 is 0 Å². The molecule has 0 aromatic heterocycles. The normalized spacial score (nSPS) is 14.3. The second-order valence-electron chi connectivity index (χ2n) is 11.5. The minimum atomic E-state index is -4.27. The quantitative estimate of drug-likeness (QED) is 0.182. The summed E-state index contributed by atoms with van der Waals surface area (Å²) >= 11 is 6.56. The van der Waals surface area contributed by atoms with Crippen molar-refractivity contribution < 1.29 is 22.4 Å². The van der Waals surface area contributed by atoms with Crippen molar-refractivity contribution in [2.24, 2.45) is 0 Å². The van der Waals surface area contributed by atoms with Gasteiger partial charge in [-0.1, -0.05) is 97.6 Å². The van der Waals surface area contributed by atoms with E-state index in [1.54, 1.807) is 42.5 Å². The van der Waals surface area contributed by atoms with Crippen LogP contribution < -0.4 is 9.62 Å². The molecule has 0 spiro atoms. The van der Waals surface area contributed by atoms with E-state index in [1.165, 1.54) is 29.2 Å². The Labute approximate surface area is 275 Å². The van der Waals surface area contributed by atoms with Gasteiger partial charge >= 0.3 is 0 Å². The first-order valence-electron chi connectivity index (χ1n) is 15.4. The number of rotatable bonds is 12. The lowest BCUT2D eigenvalue weighted by Gasteiger charge is -2.35. The Morgan fingerprint density at radius 3 is 2.09 bits per heavy atom. The number of halogens is 2.